The molecule has 21 heavy (non-hydrogen) atoms. The number of carbonyl (C=O) groups is 1. The fourth-order valence-electron chi connectivity index (χ4n) is 2.54. The highest BCUT2D eigenvalue weighted by molar-refractivity contribution is 5.81. The molecule has 1 unspecified atom stereocenters. The summed E-state index contributed by atoms with van der Waals surface area (Å²) in [5.41, 5.74) is 2.23. The number of amides is 1. The van der Waals surface area contributed by atoms with E-state index in [4.69, 9.17) is 4.74 Å². The highest BCUT2D eigenvalue weighted by Crippen LogP contribution is 2.25. The van der Waals surface area contributed by atoms with Gasteiger partial charge in [-0.05, 0) is 43.4 Å². The molecule has 2 atom stereocenters. The number of hydrogen-bond donors (Lipinski definition) is 1. The third kappa shape index (κ3) is 3.76. The molecule has 0 bridgehead atoms. The Balaban J connectivity index is 2.06. The molecule has 1 aromatic carbocycles. The monoisotopic (exact) mass is 291 g/mol. The van der Waals surface area contributed by atoms with Gasteiger partial charge in [0.15, 0.2) is 6.10 Å². The van der Waals surface area contributed by atoms with Gasteiger partial charge in [0.1, 0.15) is 5.75 Å². The maximum Gasteiger partial charge on any atom is 0.263 e. The second-order valence-corrected chi connectivity index (χ2v) is 6.17. The Morgan fingerprint density at radius 3 is 2.67 bits per heavy atom. The van der Waals surface area contributed by atoms with E-state index < -0.39 is 12.2 Å². The van der Waals surface area contributed by atoms with Crippen LogP contribution in [0.4, 0.5) is 0 Å². The lowest BCUT2D eigenvalue weighted by Gasteiger charge is -2.22. The normalized spacial score (nSPS) is 19.9. The third-order valence-corrected chi connectivity index (χ3v) is 4.01. The zero-order valence-electron chi connectivity index (χ0n) is 13.3. The Kier molecular flexibility index (Phi) is 4.88. The number of aliphatic hydroxyl groups is 1. The van der Waals surface area contributed by atoms with Crippen LogP contribution in [0.5, 0.6) is 5.75 Å². The summed E-state index contributed by atoms with van der Waals surface area (Å²) in [4.78, 5) is 14.0. The zero-order valence-corrected chi connectivity index (χ0v) is 13.3. The average Bonchev–Trinajstić information content (AvgIpc) is 2.86. The average molecular weight is 291 g/mol. The first-order chi connectivity index (χ1) is 9.88. The van der Waals surface area contributed by atoms with E-state index in [1.54, 1.807) is 11.8 Å². The van der Waals surface area contributed by atoms with Gasteiger partial charge in [-0.25, -0.2) is 0 Å². The summed E-state index contributed by atoms with van der Waals surface area (Å²) in [5.74, 6) is 1.13. The molecule has 1 N–H and O–H groups in total. The lowest BCUT2D eigenvalue weighted by Crippen LogP contribution is -2.39. The lowest BCUT2D eigenvalue weighted by atomic mass is 10.0. The number of aryl methyl sites for hydroxylation is 1. The summed E-state index contributed by atoms with van der Waals surface area (Å²) in [6.07, 6.45) is -0.274. The van der Waals surface area contributed by atoms with Gasteiger partial charge >= 0.3 is 0 Å². The van der Waals surface area contributed by atoms with Gasteiger partial charge in [-0.1, -0.05) is 26.0 Å². The van der Waals surface area contributed by atoms with Gasteiger partial charge in [-0.3, -0.25) is 4.79 Å². The van der Waals surface area contributed by atoms with Crippen molar-refractivity contribution in [1.29, 1.82) is 0 Å². The van der Waals surface area contributed by atoms with E-state index in [1.165, 1.54) is 5.56 Å². The van der Waals surface area contributed by atoms with Crippen LogP contribution in [-0.2, 0) is 4.79 Å². The molecule has 0 aromatic heterocycles. The summed E-state index contributed by atoms with van der Waals surface area (Å²) < 4.78 is 5.87. The van der Waals surface area contributed by atoms with Crippen molar-refractivity contribution in [2.24, 2.45) is 0 Å². The standard InChI is InChI=1S/C17H25NO3/c1-11(2)14-6-5-12(3)16(9-14)21-13(4)17(20)18-8-7-15(19)10-18/h5-6,9,11,13,15,19H,7-8,10H2,1-4H3/t13?,15-/m1/s1. The van der Waals surface area contributed by atoms with Gasteiger partial charge in [0, 0.05) is 13.1 Å². The molecular weight excluding hydrogens is 266 g/mol. The smallest absolute Gasteiger partial charge is 0.263 e. The van der Waals surface area contributed by atoms with Crippen molar-refractivity contribution in [3.63, 3.8) is 0 Å². The molecule has 2 rings (SSSR count). The Morgan fingerprint density at radius 2 is 2.10 bits per heavy atom. The Morgan fingerprint density at radius 1 is 1.38 bits per heavy atom. The Hall–Kier alpha value is -1.55. The summed E-state index contributed by atoms with van der Waals surface area (Å²) in [5, 5.41) is 9.53. The fourth-order valence-corrected chi connectivity index (χ4v) is 2.54. The van der Waals surface area contributed by atoms with E-state index >= 15 is 0 Å². The molecule has 0 radical (unpaired) electrons. The maximum absolute atomic E-state index is 12.3. The molecule has 4 nitrogen and oxygen atoms in total. The Bertz CT molecular complexity index is 513. The second-order valence-electron chi connectivity index (χ2n) is 6.17. The van der Waals surface area contributed by atoms with Gasteiger partial charge in [0.25, 0.3) is 5.91 Å². The topological polar surface area (TPSA) is 49.8 Å². The van der Waals surface area contributed by atoms with E-state index in [1.807, 2.05) is 19.1 Å². The highest BCUT2D eigenvalue weighted by atomic mass is 16.5. The van der Waals surface area contributed by atoms with Gasteiger partial charge in [0.2, 0.25) is 0 Å². The van der Waals surface area contributed by atoms with Crippen LogP contribution in [0.3, 0.4) is 0 Å². The van der Waals surface area contributed by atoms with Crippen molar-refractivity contribution in [2.75, 3.05) is 13.1 Å². The summed E-state index contributed by atoms with van der Waals surface area (Å²) in [6, 6.07) is 6.14. The largest absolute Gasteiger partial charge is 0.481 e. The molecule has 0 spiro atoms. The van der Waals surface area contributed by atoms with Gasteiger partial charge < -0.3 is 14.7 Å². The second kappa shape index (κ2) is 6.48. The quantitative estimate of drug-likeness (QED) is 0.927. The minimum Gasteiger partial charge on any atom is -0.481 e. The summed E-state index contributed by atoms with van der Waals surface area (Å²) in [7, 11) is 0. The molecule has 4 heteroatoms. The molecule has 0 aliphatic carbocycles. The van der Waals surface area contributed by atoms with Crippen molar-refractivity contribution in [3.05, 3.63) is 29.3 Å². The number of aliphatic hydroxyl groups excluding tert-OH is 1. The number of hydrogen-bond acceptors (Lipinski definition) is 3. The number of likely N-dealkylation sites (tertiary alicyclic amines) is 1. The van der Waals surface area contributed by atoms with Gasteiger partial charge in [0.05, 0.1) is 6.10 Å². The van der Waals surface area contributed by atoms with Crippen LogP contribution in [0, 0.1) is 6.92 Å². The minimum absolute atomic E-state index is 0.0547. The molecular formula is C17H25NO3. The van der Waals surface area contributed by atoms with Gasteiger partial charge in [-0.2, -0.15) is 0 Å². The van der Waals surface area contributed by atoms with E-state index in [9.17, 15) is 9.90 Å². The van der Waals surface area contributed by atoms with Crippen LogP contribution < -0.4 is 4.74 Å². The van der Waals surface area contributed by atoms with Crippen LogP contribution in [-0.4, -0.2) is 41.2 Å². The number of rotatable bonds is 4. The third-order valence-electron chi connectivity index (χ3n) is 4.01. The molecule has 1 aliphatic heterocycles. The molecule has 1 fully saturated rings. The van der Waals surface area contributed by atoms with Crippen LogP contribution in [0.1, 0.15) is 44.2 Å². The van der Waals surface area contributed by atoms with Crippen LogP contribution >= 0.6 is 0 Å². The number of nitrogens with zero attached hydrogens (tertiary/aromatic N) is 1. The van der Waals surface area contributed by atoms with E-state index in [0.29, 0.717) is 25.4 Å². The first-order valence-electron chi connectivity index (χ1n) is 7.62. The Labute approximate surface area is 126 Å². The van der Waals surface area contributed by atoms with Crippen LogP contribution in [0.25, 0.3) is 0 Å². The zero-order chi connectivity index (χ0) is 15.6. The molecule has 1 aliphatic rings. The minimum atomic E-state index is -0.531. The molecule has 116 valence electrons. The van der Waals surface area contributed by atoms with Crippen molar-refractivity contribution >= 4 is 5.91 Å². The van der Waals surface area contributed by atoms with Crippen molar-refractivity contribution < 1.29 is 14.6 Å². The van der Waals surface area contributed by atoms with Crippen LogP contribution in [0.2, 0.25) is 0 Å². The predicted octanol–water partition coefficient (Wildman–Crippen LogP) is 2.48. The van der Waals surface area contributed by atoms with Crippen molar-refractivity contribution in [2.45, 2.75) is 52.2 Å². The molecule has 1 amide bonds. The SMILES string of the molecule is Cc1ccc(C(C)C)cc1OC(C)C(=O)N1CC[C@@H](O)C1. The fraction of sp³-hybridized carbons (Fsp3) is 0.588. The summed E-state index contributed by atoms with van der Waals surface area (Å²) >= 11 is 0. The van der Waals surface area contributed by atoms with Crippen LogP contribution in [0.15, 0.2) is 18.2 Å². The predicted molar refractivity (Wildman–Crippen MR) is 82.6 cm³/mol. The molecule has 1 aromatic rings. The maximum atomic E-state index is 12.3. The summed E-state index contributed by atoms with van der Waals surface area (Å²) in [6.45, 7) is 9.05. The molecule has 1 heterocycles. The number of carbonyl (C=O) groups excluding carboxylic acids is 1. The van der Waals surface area contributed by atoms with E-state index in [-0.39, 0.29) is 5.91 Å². The first-order valence-corrected chi connectivity index (χ1v) is 7.62. The molecule has 1 saturated heterocycles. The molecule has 0 saturated carbocycles. The first kappa shape index (κ1) is 15.8. The lowest BCUT2D eigenvalue weighted by molar-refractivity contribution is -0.137. The number of β-amino-alcohol motifs (C(OH)–C–C–N with tert-alkyl or cyclic N) is 1. The van der Waals surface area contributed by atoms with Crippen molar-refractivity contribution in [1.82, 2.24) is 4.90 Å². The van der Waals surface area contributed by atoms with Gasteiger partial charge in [-0.15, -0.1) is 0 Å². The number of benzene rings is 1. The highest BCUT2D eigenvalue weighted by Gasteiger charge is 2.29. The van der Waals surface area contributed by atoms with Crippen molar-refractivity contribution in [3.8, 4) is 5.75 Å². The van der Waals surface area contributed by atoms with E-state index in [0.717, 1.165) is 11.3 Å². The van der Waals surface area contributed by atoms with E-state index in [2.05, 4.69) is 19.9 Å². The number of ether oxygens (including phenoxy) is 1.